The summed E-state index contributed by atoms with van der Waals surface area (Å²) in [6, 6.07) is 19.2. The van der Waals surface area contributed by atoms with Gasteiger partial charge < -0.3 is 10.1 Å². The summed E-state index contributed by atoms with van der Waals surface area (Å²) in [6.45, 7) is -2.96. The molecule has 8 heteroatoms. The lowest BCUT2D eigenvalue weighted by Crippen LogP contribution is -2.13. The fourth-order valence-electron chi connectivity index (χ4n) is 2.88. The monoisotopic (exact) mass is 431 g/mol. The third-order valence-electron chi connectivity index (χ3n) is 4.32. The van der Waals surface area contributed by atoms with Crippen molar-refractivity contribution in [3.8, 4) is 5.75 Å². The van der Waals surface area contributed by atoms with Crippen LogP contribution in [-0.4, -0.2) is 27.2 Å². The number of anilines is 1. The number of ether oxygens (including phenoxy) is 1. The minimum absolute atomic E-state index is 0.0318. The SMILES string of the molecule is CS(=O)(=O)c1ccc(C(=O)Nc2ccc(OC(F)F)c(Cc3ccccc3)c2)cc1. The topological polar surface area (TPSA) is 72.5 Å². The third-order valence-corrected chi connectivity index (χ3v) is 5.44. The summed E-state index contributed by atoms with van der Waals surface area (Å²) in [4.78, 5) is 12.6. The van der Waals surface area contributed by atoms with Crippen LogP contribution in [0.15, 0.2) is 77.7 Å². The molecule has 0 radical (unpaired) electrons. The van der Waals surface area contributed by atoms with Crippen LogP contribution in [0, 0.1) is 0 Å². The number of amides is 1. The zero-order valence-electron chi connectivity index (χ0n) is 16.0. The number of carbonyl (C=O) groups is 1. The molecule has 0 saturated carbocycles. The first-order valence-electron chi connectivity index (χ1n) is 8.95. The lowest BCUT2D eigenvalue weighted by molar-refractivity contribution is -0.0503. The molecule has 0 aliphatic carbocycles. The maximum atomic E-state index is 12.8. The van der Waals surface area contributed by atoms with Gasteiger partial charge in [0.25, 0.3) is 5.91 Å². The standard InChI is InChI=1S/C22H19F2NO4S/c1-30(27,28)19-10-7-16(8-11-19)21(26)25-18-9-12-20(29-22(23)24)17(14-18)13-15-5-3-2-4-6-15/h2-12,14,22H,13H2,1H3,(H,25,26). The summed E-state index contributed by atoms with van der Waals surface area (Å²) in [5, 5.41) is 2.69. The van der Waals surface area contributed by atoms with Gasteiger partial charge in [-0.3, -0.25) is 4.79 Å². The van der Waals surface area contributed by atoms with E-state index in [4.69, 9.17) is 0 Å². The van der Waals surface area contributed by atoms with Crippen LogP contribution in [-0.2, 0) is 16.3 Å². The van der Waals surface area contributed by atoms with Gasteiger partial charge in [-0.1, -0.05) is 30.3 Å². The van der Waals surface area contributed by atoms with E-state index in [1.54, 1.807) is 6.07 Å². The first-order valence-corrected chi connectivity index (χ1v) is 10.8. The number of halogens is 2. The molecule has 30 heavy (non-hydrogen) atoms. The number of nitrogens with one attached hydrogen (secondary N) is 1. The lowest BCUT2D eigenvalue weighted by Gasteiger charge is -2.14. The van der Waals surface area contributed by atoms with E-state index in [2.05, 4.69) is 10.1 Å². The molecule has 0 atom stereocenters. The molecule has 0 unspecified atom stereocenters. The molecule has 3 aromatic rings. The van der Waals surface area contributed by atoms with Crippen molar-refractivity contribution in [1.29, 1.82) is 0 Å². The van der Waals surface area contributed by atoms with E-state index in [0.29, 0.717) is 17.7 Å². The van der Waals surface area contributed by atoms with Crippen molar-refractivity contribution in [2.45, 2.75) is 17.9 Å². The highest BCUT2D eigenvalue weighted by atomic mass is 32.2. The van der Waals surface area contributed by atoms with Crippen LogP contribution >= 0.6 is 0 Å². The first kappa shape index (κ1) is 21.4. The van der Waals surface area contributed by atoms with Gasteiger partial charge in [-0.25, -0.2) is 8.42 Å². The Bertz CT molecular complexity index is 1130. The summed E-state index contributed by atoms with van der Waals surface area (Å²) < 4.78 is 53.2. The van der Waals surface area contributed by atoms with Crippen LogP contribution in [0.2, 0.25) is 0 Å². The molecular formula is C22H19F2NO4S. The molecule has 0 aromatic heterocycles. The molecule has 1 amide bonds. The maximum Gasteiger partial charge on any atom is 0.387 e. The van der Waals surface area contributed by atoms with E-state index in [1.807, 2.05) is 30.3 Å². The van der Waals surface area contributed by atoms with Crippen LogP contribution in [0.25, 0.3) is 0 Å². The van der Waals surface area contributed by atoms with E-state index in [9.17, 15) is 22.0 Å². The summed E-state index contributed by atoms with van der Waals surface area (Å²) in [5.74, 6) is -0.424. The summed E-state index contributed by atoms with van der Waals surface area (Å²) in [7, 11) is -3.36. The quantitative estimate of drug-likeness (QED) is 0.596. The third kappa shape index (κ3) is 5.64. The van der Waals surface area contributed by atoms with Crippen LogP contribution < -0.4 is 10.1 Å². The molecule has 0 fully saturated rings. The largest absolute Gasteiger partial charge is 0.435 e. The van der Waals surface area contributed by atoms with Gasteiger partial charge >= 0.3 is 6.61 Å². The van der Waals surface area contributed by atoms with E-state index in [-0.39, 0.29) is 16.2 Å². The van der Waals surface area contributed by atoms with Crippen molar-refractivity contribution in [3.63, 3.8) is 0 Å². The fourth-order valence-corrected chi connectivity index (χ4v) is 3.51. The minimum Gasteiger partial charge on any atom is -0.435 e. The van der Waals surface area contributed by atoms with Crippen molar-refractivity contribution in [2.24, 2.45) is 0 Å². The van der Waals surface area contributed by atoms with Gasteiger partial charge in [-0.15, -0.1) is 0 Å². The number of rotatable bonds is 7. The predicted octanol–water partition coefficient (Wildman–Crippen LogP) is 4.53. The summed E-state index contributed by atoms with van der Waals surface area (Å²) in [6.07, 6.45) is 1.43. The van der Waals surface area contributed by atoms with Gasteiger partial charge in [-0.05, 0) is 48.0 Å². The normalized spacial score (nSPS) is 11.3. The van der Waals surface area contributed by atoms with E-state index >= 15 is 0 Å². The second-order valence-corrected chi connectivity index (χ2v) is 8.63. The predicted molar refractivity (Wildman–Crippen MR) is 110 cm³/mol. The Morgan fingerprint density at radius 1 is 1.00 bits per heavy atom. The molecule has 0 bridgehead atoms. The smallest absolute Gasteiger partial charge is 0.387 e. The molecule has 1 N–H and O–H groups in total. The number of hydrogen-bond acceptors (Lipinski definition) is 4. The van der Waals surface area contributed by atoms with Gasteiger partial charge in [0, 0.05) is 29.5 Å². The molecule has 0 aliphatic rings. The Labute approximate surface area is 173 Å². The number of alkyl halides is 2. The average Bonchev–Trinajstić information content (AvgIpc) is 2.70. The molecule has 0 spiro atoms. The Kier molecular flexibility index (Phi) is 6.47. The molecule has 3 aromatic carbocycles. The molecule has 156 valence electrons. The number of benzene rings is 3. The minimum atomic E-state index is -3.36. The molecule has 3 rings (SSSR count). The van der Waals surface area contributed by atoms with Crippen LogP contribution in [0.3, 0.4) is 0 Å². The Hall–Kier alpha value is -3.26. The average molecular weight is 431 g/mol. The second-order valence-electron chi connectivity index (χ2n) is 6.61. The number of sulfone groups is 1. The molecule has 5 nitrogen and oxygen atoms in total. The van der Waals surface area contributed by atoms with E-state index in [1.165, 1.54) is 36.4 Å². The van der Waals surface area contributed by atoms with Crippen molar-refractivity contribution in [1.82, 2.24) is 0 Å². The summed E-state index contributed by atoms with van der Waals surface area (Å²) in [5.41, 5.74) is 2.06. The van der Waals surface area contributed by atoms with Crippen LogP contribution in [0.4, 0.5) is 14.5 Å². The summed E-state index contributed by atoms with van der Waals surface area (Å²) >= 11 is 0. The van der Waals surface area contributed by atoms with Crippen molar-refractivity contribution >= 4 is 21.4 Å². The molecular weight excluding hydrogens is 412 g/mol. The van der Waals surface area contributed by atoms with E-state index in [0.717, 1.165) is 11.8 Å². The highest BCUT2D eigenvalue weighted by Gasteiger charge is 2.14. The Morgan fingerprint density at radius 3 is 2.27 bits per heavy atom. The second kappa shape index (κ2) is 9.04. The highest BCUT2D eigenvalue weighted by molar-refractivity contribution is 7.90. The highest BCUT2D eigenvalue weighted by Crippen LogP contribution is 2.27. The molecule has 0 saturated heterocycles. The van der Waals surface area contributed by atoms with Crippen molar-refractivity contribution < 1.29 is 26.7 Å². The fraction of sp³-hybridized carbons (Fsp3) is 0.136. The number of carbonyl (C=O) groups excluding carboxylic acids is 1. The van der Waals surface area contributed by atoms with Crippen molar-refractivity contribution in [3.05, 3.63) is 89.5 Å². The van der Waals surface area contributed by atoms with Crippen LogP contribution in [0.1, 0.15) is 21.5 Å². The van der Waals surface area contributed by atoms with Gasteiger partial charge in [0.2, 0.25) is 0 Å². The maximum absolute atomic E-state index is 12.8. The van der Waals surface area contributed by atoms with Crippen molar-refractivity contribution in [2.75, 3.05) is 11.6 Å². The number of hydrogen-bond donors (Lipinski definition) is 1. The zero-order valence-corrected chi connectivity index (χ0v) is 16.8. The van der Waals surface area contributed by atoms with Gasteiger partial charge in [0.15, 0.2) is 9.84 Å². The zero-order chi connectivity index (χ0) is 21.7. The lowest BCUT2D eigenvalue weighted by atomic mass is 10.0. The Balaban J connectivity index is 1.83. The molecule has 0 aliphatic heterocycles. The molecule has 0 heterocycles. The van der Waals surface area contributed by atoms with Gasteiger partial charge in [-0.2, -0.15) is 8.78 Å². The first-order chi connectivity index (χ1) is 14.2. The van der Waals surface area contributed by atoms with E-state index < -0.39 is 22.4 Å². The van der Waals surface area contributed by atoms with Crippen LogP contribution in [0.5, 0.6) is 5.75 Å². The Morgan fingerprint density at radius 2 is 1.67 bits per heavy atom. The van der Waals surface area contributed by atoms with Gasteiger partial charge in [0.05, 0.1) is 4.90 Å². The van der Waals surface area contributed by atoms with Gasteiger partial charge in [0.1, 0.15) is 5.75 Å².